The quantitative estimate of drug-likeness (QED) is 0.448. The first-order valence-corrected chi connectivity index (χ1v) is 10.5. The maximum absolute atomic E-state index is 14.0. The molecule has 0 aliphatic carbocycles. The smallest absolute Gasteiger partial charge is 0.267 e. The van der Waals surface area contributed by atoms with E-state index in [2.05, 4.69) is 21.5 Å². The summed E-state index contributed by atoms with van der Waals surface area (Å²) in [6.45, 7) is 4.00. The van der Waals surface area contributed by atoms with Crippen molar-refractivity contribution in [1.29, 1.82) is 5.26 Å². The van der Waals surface area contributed by atoms with Crippen molar-refractivity contribution in [2.75, 3.05) is 5.32 Å². The van der Waals surface area contributed by atoms with Crippen molar-refractivity contribution in [3.05, 3.63) is 87.1 Å². The van der Waals surface area contributed by atoms with Crippen molar-refractivity contribution < 1.29 is 14.0 Å². The molecule has 34 heavy (non-hydrogen) atoms. The second kappa shape index (κ2) is 8.92. The molecule has 0 saturated heterocycles. The number of hydrogen-bond donors (Lipinski definition) is 2. The van der Waals surface area contributed by atoms with E-state index in [9.17, 15) is 14.0 Å². The lowest BCUT2D eigenvalue weighted by atomic mass is 10.1. The minimum Gasteiger partial charge on any atom is -0.364 e. The highest BCUT2D eigenvalue weighted by atomic mass is 35.5. The summed E-state index contributed by atoms with van der Waals surface area (Å²) < 4.78 is 15.7. The zero-order valence-electron chi connectivity index (χ0n) is 18.2. The van der Waals surface area contributed by atoms with Crippen LogP contribution in [0.5, 0.6) is 0 Å². The van der Waals surface area contributed by atoms with E-state index in [-0.39, 0.29) is 27.2 Å². The maximum Gasteiger partial charge on any atom is 0.267 e. The van der Waals surface area contributed by atoms with Crippen LogP contribution in [0.3, 0.4) is 0 Å². The van der Waals surface area contributed by atoms with Gasteiger partial charge in [-0.25, -0.2) is 9.37 Å². The molecule has 0 aliphatic rings. The molecule has 0 fully saturated rings. The number of rotatable bonds is 5. The molecule has 2 heterocycles. The molecule has 2 amide bonds. The monoisotopic (exact) mass is 476 g/mol. The Kier molecular flexibility index (Phi) is 6.01. The van der Waals surface area contributed by atoms with Gasteiger partial charge in [0.25, 0.3) is 11.8 Å². The van der Waals surface area contributed by atoms with Crippen LogP contribution in [-0.2, 0) is 6.54 Å². The minimum absolute atomic E-state index is 0.0688. The van der Waals surface area contributed by atoms with E-state index in [1.54, 1.807) is 23.7 Å². The van der Waals surface area contributed by atoms with Gasteiger partial charge in [0.2, 0.25) is 0 Å². The summed E-state index contributed by atoms with van der Waals surface area (Å²) in [7, 11) is 0. The van der Waals surface area contributed by atoms with E-state index in [4.69, 9.17) is 22.6 Å². The zero-order valence-corrected chi connectivity index (χ0v) is 18.9. The second-order valence-electron chi connectivity index (χ2n) is 7.67. The van der Waals surface area contributed by atoms with Gasteiger partial charge in [0, 0.05) is 11.5 Å². The average molecular weight is 477 g/mol. The van der Waals surface area contributed by atoms with Crippen LogP contribution < -0.4 is 11.1 Å². The number of primary amides is 1. The van der Waals surface area contributed by atoms with Crippen LogP contribution in [0.25, 0.3) is 10.9 Å². The highest BCUT2D eigenvalue weighted by molar-refractivity contribution is 6.31. The van der Waals surface area contributed by atoms with Crippen molar-refractivity contribution >= 4 is 40.0 Å². The van der Waals surface area contributed by atoms with Gasteiger partial charge in [-0.1, -0.05) is 23.7 Å². The van der Waals surface area contributed by atoms with Crippen LogP contribution in [0.2, 0.25) is 5.02 Å². The number of benzene rings is 2. The summed E-state index contributed by atoms with van der Waals surface area (Å²) in [5.41, 5.74) is 8.60. The minimum atomic E-state index is -0.853. The Labute approximate surface area is 198 Å². The number of nitriles is 1. The van der Waals surface area contributed by atoms with Gasteiger partial charge in [0.05, 0.1) is 51.4 Å². The van der Waals surface area contributed by atoms with Gasteiger partial charge >= 0.3 is 0 Å². The summed E-state index contributed by atoms with van der Waals surface area (Å²) in [5.74, 6) is -2.14. The standard InChI is InChI=1S/C24H18ClFN6O2/c1-12-22(13(2)32(31-12)11-15-5-3-14(10-27)4-6-15)30-24(34)17-8-21(23(28)33)29-20-9-19(26)18(25)7-16(17)20/h3-9H,11H2,1-2H3,(H2,28,33)(H,30,34). The molecule has 0 spiro atoms. The molecule has 170 valence electrons. The van der Waals surface area contributed by atoms with E-state index < -0.39 is 17.6 Å². The fourth-order valence-corrected chi connectivity index (χ4v) is 3.77. The SMILES string of the molecule is Cc1nn(Cc2ccc(C#N)cc2)c(C)c1NC(=O)c1cc(C(N)=O)nc2cc(F)c(Cl)cc12. The number of anilines is 1. The number of hydrogen-bond acceptors (Lipinski definition) is 5. The number of nitrogens with two attached hydrogens (primary N) is 1. The van der Waals surface area contributed by atoms with Crippen molar-refractivity contribution in [2.45, 2.75) is 20.4 Å². The molecule has 0 atom stereocenters. The van der Waals surface area contributed by atoms with Gasteiger partial charge in [0.1, 0.15) is 11.5 Å². The van der Waals surface area contributed by atoms with E-state index >= 15 is 0 Å². The van der Waals surface area contributed by atoms with Crippen molar-refractivity contribution in [1.82, 2.24) is 14.8 Å². The molecule has 0 saturated carbocycles. The molecule has 4 aromatic rings. The molecule has 2 aromatic heterocycles. The molecule has 4 rings (SSSR count). The first-order chi connectivity index (χ1) is 16.2. The molecule has 8 nitrogen and oxygen atoms in total. The van der Waals surface area contributed by atoms with Crippen molar-refractivity contribution in [3.8, 4) is 6.07 Å². The van der Waals surface area contributed by atoms with E-state index in [0.29, 0.717) is 29.2 Å². The molecule has 2 aromatic carbocycles. The van der Waals surface area contributed by atoms with Crippen LogP contribution in [0.15, 0.2) is 42.5 Å². The van der Waals surface area contributed by atoms with Crippen molar-refractivity contribution in [3.63, 3.8) is 0 Å². The Bertz CT molecular complexity index is 1510. The highest BCUT2D eigenvalue weighted by Crippen LogP contribution is 2.27. The maximum atomic E-state index is 14.0. The van der Waals surface area contributed by atoms with E-state index in [1.807, 2.05) is 19.1 Å². The van der Waals surface area contributed by atoms with Gasteiger partial charge in [-0.15, -0.1) is 0 Å². The van der Waals surface area contributed by atoms with E-state index in [1.165, 1.54) is 12.1 Å². The number of aryl methyl sites for hydroxylation is 1. The number of nitrogens with zero attached hydrogens (tertiary/aromatic N) is 4. The zero-order chi connectivity index (χ0) is 24.6. The van der Waals surface area contributed by atoms with Gasteiger partial charge in [0.15, 0.2) is 0 Å². The van der Waals surface area contributed by atoms with Gasteiger partial charge < -0.3 is 11.1 Å². The largest absolute Gasteiger partial charge is 0.364 e. The van der Waals surface area contributed by atoms with Gasteiger partial charge in [-0.2, -0.15) is 10.4 Å². The third-order valence-electron chi connectivity index (χ3n) is 5.38. The first kappa shape index (κ1) is 22.9. The second-order valence-corrected chi connectivity index (χ2v) is 8.08. The predicted molar refractivity (Wildman–Crippen MR) is 125 cm³/mol. The van der Waals surface area contributed by atoms with Crippen LogP contribution in [0.1, 0.15) is 43.4 Å². The number of aromatic nitrogens is 3. The molecular formula is C24H18ClFN6O2. The number of fused-ring (bicyclic) bond motifs is 1. The summed E-state index contributed by atoms with van der Waals surface area (Å²) in [6.07, 6.45) is 0. The third-order valence-corrected chi connectivity index (χ3v) is 5.67. The first-order valence-electron chi connectivity index (χ1n) is 10.1. The van der Waals surface area contributed by atoms with Crippen molar-refractivity contribution in [2.24, 2.45) is 5.73 Å². The molecule has 0 radical (unpaired) electrons. The lowest BCUT2D eigenvalue weighted by Gasteiger charge is -2.11. The topological polar surface area (TPSA) is 127 Å². The fourth-order valence-electron chi connectivity index (χ4n) is 3.61. The Morgan fingerprint density at radius 2 is 1.91 bits per heavy atom. The molecular weight excluding hydrogens is 459 g/mol. The summed E-state index contributed by atoms with van der Waals surface area (Å²) >= 11 is 5.92. The normalized spacial score (nSPS) is 10.8. The molecule has 0 bridgehead atoms. The van der Waals surface area contributed by atoms with Crippen LogP contribution in [0.4, 0.5) is 10.1 Å². The number of nitrogens with one attached hydrogen (secondary N) is 1. The molecule has 0 aliphatic heterocycles. The number of carbonyl (C=O) groups is 2. The molecule has 3 N–H and O–H groups in total. The fraction of sp³-hybridized carbons (Fsp3) is 0.125. The molecule has 0 unspecified atom stereocenters. The lowest BCUT2D eigenvalue weighted by Crippen LogP contribution is -2.18. The summed E-state index contributed by atoms with van der Waals surface area (Å²) in [6, 6.07) is 12.8. The van der Waals surface area contributed by atoms with Gasteiger partial charge in [-0.3, -0.25) is 14.3 Å². The Hall–Kier alpha value is -4.29. The van der Waals surface area contributed by atoms with Crippen LogP contribution in [-0.4, -0.2) is 26.6 Å². The highest BCUT2D eigenvalue weighted by Gasteiger charge is 2.20. The summed E-state index contributed by atoms with van der Waals surface area (Å²) in [4.78, 5) is 29.0. The van der Waals surface area contributed by atoms with Gasteiger partial charge in [-0.05, 0) is 43.7 Å². The summed E-state index contributed by atoms with van der Waals surface area (Å²) in [5, 5.41) is 16.4. The number of carbonyl (C=O) groups excluding carboxylic acids is 2. The van der Waals surface area contributed by atoms with Crippen LogP contribution in [0, 0.1) is 31.0 Å². The Morgan fingerprint density at radius 3 is 2.56 bits per heavy atom. The number of pyridine rings is 1. The molecule has 10 heteroatoms. The average Bonchev–Trinajstić information content (AvgIpc) is 3.06. The van der Waals surface area contributed by atoms with E-state index in [0.717, 1.165) is 11.6 Å². The third kappa shape index (κ3) is 4.31. The number of halogens is 2. The number of amides is 2. The lowest BCUT2D eigenvalue weighted by molar-refractivity contribution is 0.0996. The Balaban J connectivity index is 1.69. The Morgan fingerprint density at radius 1 is 1.21 bits per heavy atom. The predicted octanol–water partition coefficient (Wildman–Crippen LogP) is 4.11. The van der Waals surface area contributed by atoms with Crippen LogP contribution >= 0.6 is 11.6 Å².